The van der Waals surface area contributed by atoms with Gasteiger partial charge >= 0.3 is 0 Å². The van der Waals surface area contributed by atoms with Crippen molar-refractivity contribution < 1.29 is 4.42 Å². The van der Waals surface area contributed by atoms with Gasteiger partial charge in [-0.1, -0.05) is 91.0 Å². The summed E-state index contributed by atoms with van der Waals surface area (Å²) in [5.41, 5.74) is 8.57. The second-order valence-corrected chi connectivity index (χ2v) is 12.5. The third-order valence-corrected chi connectivity index (χ3v) is 9.96. The topological polar surface area (TPSA) is 43.9 Å². The van der Waals surface area contributed by atoms with Gasteiger partial charge in [-0.15, -0.1) is 11.3 Å². The van der Waals surface area contributed by atoms with Crippen molar-refractivity contribution in [3.63, 3.8) is 0 Å². The molecule has 0 radical (unpaired) electrons. The van der Waals surface area contributed by atoms with Crippen molar-refractivity contribution in [1.29, 1.82) is 0 Å². The highest BCUT2D eigenvalue weighted by atomic mass is 32.1. The van der Waals surface area contributed by atoms with E-state index in [0.717, 1.165) is 39.0 Å². The van der Waals surface area contributed by atoms with E-state index in [-0.39, 0.29) is 0 Å². The SMILES string of the molecule is c1ccc(-c2nc(-c3ccc(-n4c5ccccc5c5cc6sc7ccccc7c6cc54)cc3)c3oc4ccccc4c3n2)cc1. The lowest BCUT2D eigenvalue weighted by Crippen LogP contribution is -1.96. The number of benzene rings is 6. The Hall–Kier alpha value is -5.78. The van der Waals surface area contributed by atoms with Crippen LogP contribution < -0.4 is 0 Å². The summed E-state index contributed by atoms with van der Waals surface area (Å²) in [5, 5.41) is 6.11. The molecule has 10 aromatic rings. The third kappa shape index (κ3) is 3.65. The Labute approximate surface area is 261 Å². The predicted molar refractivity (Wildman–Crippen MR) is 187 cm³/mol. The standard InChI is InChI=1S/C40H23N3OS/c1-2-10-25(11-3-1)40-41-37(39-38(42-40)29-14-5-8-16-34(29)44-39)24-18-20-26(21-19-24)43-32-15-7-4-12-27(32)30-23-36-31(22-33(30)43)28-13-6-9-17-35(28)45-36/h1-23H. The first-order chi connectivity index (χ1) is 22.3. The zero-order valence-corrected chi connectivity index (χ0v) is 24.8. The van der Waals surface area contributed by atoms with E-state index in [2.05, 4.69) is 95.6 Å². The minimum atomic E-state index is 0.683. The Morgan fingerprint density at radius 1 is 0.511 bits per heavy atom. The summed E-state index contributed by atoms with van der Waals surface area (Å²) in [5.74, 6) is 0.683. The Bertz CT molecular complexity index is 2750. The van der Waals surface area contributed by atoms with Gasteiger partial charge < -0.3 is 8.98 Å². The fraction of sp³-hybridized carbons (Fsp3) is 0. The molecule has 0 N–H and O–H groups in total. The zero-order valence-electron chi connectivity index (χ0n) is 23.9. The molecule has 0 spiro atoms. The number of thiophene rings is 1. The second kappa shape index (κ2) is 9.36. The van der Waals surface area contributed by atoms with Crippen molar-refractivity contribution in [2.24, 2.45) is 0 Å². The quantitative estimate of drug-likeness (QED) is 0.205. The van der Waals surface area contributed by atoms with Crippen molar-refractivity contribution >= 4 is 75.4 Å². The average Bonchev–Trinajstić information content (AvgIpc) is 3.76. The van der Waals surface area contributed by atoms with Crippen LogP contribution in [-0.4, -0.2) is 14.5 Å². The molecule has 0 aliphatic heterocycles. The third-order valence-electron chi connectivity index (χ3n) is 8.82. The molecule has 5 heteroatoms. The van der Waals surface area contributed by atoms with Gasteiger partial charge in [-0.25, -0.2) is 9.97 Å². The molecule has 0 aliphatic rings. The molecule has 4 nitrogen and oxygen atoms in total. The Morgan fingerprint density at radius 3 is 2.11 bits per heavy atom. The lowest BCUT2D eigenvalue weighted by Gasteiger charge is -2.10. The minimum absolute atomic E-state index is 0.683. The molecule has 4 heterocycles. The highest BCUT2D eigenvalue weighted by molar-refractivity contribution is 7.25. The Kier molecular flexibility index (Phi) is 5.12. The van der Waals surface area contributed by atoms with Crippen LogP contribution in [0, 0.1) is 0 Å². The molecule has 210 valence electrons. The number of furan rings is 1. The lowest BCUT2D eigenvalue weighted by molar-refractivity contribution is 0.667. The van der Waals surface area contributed by atoms with Gasteiger partial charge in [0.25, 0.3) is 0 Å². The summed E-state index contributed by atoms with van der Waals surface area (Å²) in [6, 6.07) is 49.0. The van der Waals surface area contributed by atoms with Crippen molar-refractivity contribution in [1.82, 2.24) is 14.5 Å². The number of rotatable bonds is 3. The van der Waals surface area contributed by atoms with E-state index < -0.39 is 0 Å². The van der Waals surface area contributed by atoms with Gasteiger partial charge in [0.1, 0.15) is 16.8 Å². The van der Waals surface area contributed by atoms with Gasteiger partial charge in [0.2, 0.25) is 0 Å². The van der Waals surface area contributed by atoms with Crippen molar-refractivity contribution in [2.75, 3.05) is 0 Å². The van der Waals surface area contributed by atoms with Crippen molar-refractivity contribution in [3.05, 3.63) is 140 Å². The van der Waals surface area contributed by atoms with Crippen LogP contribution in [0.25, 0.3) is 92.4 Å². The highest BCUT2D eigenvalue weighted by Gasteiger charge is 2.19. The summed E-state index contributed by atoms with van der Waals surface area (Å²) >= 11 is 1.86. The van der Waals surface area contributed by atoms with Crippen LogP contribution in [0.4, 0.5) is 0 Å². The monoisotopic (exact) mass is 593 g/mol. The maximum Gasteiger partial charge on any atom is 0.180 e. The molecule has 6 aromatic carbocycles. The summed E-state index contributed by atoms with van der Waals surface area (Å²) in [4.78, 5) is 10.1. The molecule has 0 unspecified atom stereocenters. The first-order valence-electron chi connectivity index (χ1n) is 15.0. The number of hydrogen-bond acceptors (Lipinski definition) is 4. The van der Waals surface area contributed by atoms with E-state index in [1.807, 2.05) is 59.9 Å². The van der Waals surface area contributed by atoms with E-state index in [4.69, 9.17) is 14.4 Å². The number of nitrogens with zero attached hydrogens (tertiary/aromatic N) is 3. The molecule has 0 amide bonds. The van der Waals surface area contributed by atoms with E-state index in [1.54, 1.807) is 0 Å². The maximum atomic E-state index is 6.39. The summed E-state index contributed by atoms with van der Waals surface area (Å²) < 4.78 is 11.4. The van der Waals surface area contributed by atoms with Crippen molar-refractivity contribution in [2.45, 2.75) is 0 Å². The normalized spacial score (nSPS) is 12.0. The van der Waals surface area contributed by atoms with E-state index >= 15 is 0 Å². The van der Waals surface area contributed by atoms with Crippen LogP contribution in [0.5, 0.6) is 0 Å². The van der Waals surface area contributed by atoms with Crippen LogP contribution in [0.3, 0.4) is 0 Å². The predicted octanol–water partition coefficient (Wildman–Crippen LogP) is 11.2. The van der Waals surface area contributed by atoms with Crippen molar-refractivity contribution in [3.8, 4) is 28.3 Å². The van der Waals surface area contributed by atoms with E-state index in [0.29, 0.717) is 11.4 Å². The van der Waals surface area contributed by atoms with Gasteiger partial charge in [-0.05, 0) is 48.5 Å². The van der Waals surface area contributed by atoms with Gasteiger partial charge in [0.15, 0.2) is 11.4 Å². The van der Waals surface area contributed by atoms with Crippen LogP contribution >= 0.6 is 11.3 Å². The van der Waals surface area contributed by atoms with Crippen LogP contribution in [-0.2, 0) is 0 Å². The average molecular weight is 594 g/mol. The van der Waals surface area contributed by atoms with Gasteiger partial charge in [-0.2, -0.15) is 0 Å². The molecular formula is C40H23N3OS. The van der Waals surface area contributed by atoms with Crippen LogP contribution in [0.15, 0.2) is 144 Å². The lowest BCUT2D eigenvalue weighted by atomic mass is 10.1. The largest absolute Gasteiger partial charge is 0.452 e. The first-order valence-corrected chi connectivity index (χ1v) is 15.8. The van der Waals surface area contributed by atoms with Crippen LogP contribution in [0.2, 0.25) is 0 Å². The van der Waals surface area contributed by atoms with Gasteiger partial charge in [0, 0.05) is 53.1 Å². The first kappa shape index (κ1) is 24.6. The molecule has 0 aliphatic carbocycles. The molecule has 0 saturated heterocycles. The van der Waals surface area contributed by atoms with E-state index in [9.17, 15) is 0 Å². The molecule has 0 fully saturated rings. The minimum Gasteiger partial charge on any atom is -0.452 e. The summed E-state index contributed by atoms with van der Waals surface area (Å²) in [6.07, 6.45) is 0. The molecule has 0 saturated carbocycles. The number of hydrogen-bond donors (Lipinski definition) is 0. The Balaban J connectivity index is 1.19. The molecule has 45 heavy (non-hydrogen) atoms. The number of aromatic nitrogens is 3. The molecule has 10 rings (SSSR count). The number of fused-ring (bicyclic) bond motifs is 9. The van der Waals surface area contributed by atoms with Gasteiger partial charge in [-0.3, -0.25) is 0 Å². The summed E-state index contributed by atoms with van der Waals surface area (Å²) in [6.45, 7) is 0. The van der Waals surface area contributed by atoms with Gasteiger partial charge in [0.05, 0.1) is 11.0 Å². The fourth-order valence-electron chi connectivity index (χ4n) is 6.74. The molecule has 0 atom stereocenters. The highest BCUT2D eigenvalue weighted by Crippen LogP contribution is 2.41. The van der Waals surface area contributed by atoms with E-state index in [1.165, 1.54) is 42.0 Å². The fourth-order valence-corrected chi connectivity index (χ4v) is 7.86. The second-order valence-electron chi connectivity index (χ2n) is 11.4. The molecule has 0 bridgehead atoms. The molecular weight excluding hydrogens is 571 g/mol. The number of para-hydroxylation sites is 2. The van der Waals surface area contributed by atoms with Crippen LogP contribution in [0.1, 0.15) is 0 Å². The zero-order chi connectivity index (χ0) is 29.5. The smallest absolute Gasteiger partial charge is 0.180 e. The molecule has 4 aromatic heterocycles. The maximum absolute atomic E-state index is 6.39. The summed E-state index contributed by atoms with van der Waals surface area (Å²) in [7, 11) is 0. The Morgan fingerprint density at radius 2 is 1.24 bits per heavy atom.